The fourth-order valence-electron chi connectivity index (χ4n) is 4.96. The molecule has 160 valence electrons. The molecule has 0 bridgehead atoms. The number of likely N-dealkylation sites (tertiary alicyclic amines) is 2. The first-order chi connectivity index (χ1) is 14.5. The van der Waals surface area contributed by atoms with Gasteiger partial charge in [0, 0.05) is 56.5 Å². The predicted molar refractivity (Wildman–Crippen MR) is 115 cm³/mol. The second kappa shape index (κ2) is 7.69. The van der Waals surface area contributed by atoms with Crippen molar-refractivity contribution in [1.29, 1.82) is 0 Å². The van der Waals surface area contributed by atoms with E-state index in [2.05, 4.69) is 64.6 Å². The Hall–Kier alpha value is -2.41. The molecule has 2 aliphatic heterocycles. The summed E-state index contributed by atoms with van der Waals surface area (Å²) in [5.74, 6) is 3.28. The Balaban J connectivity index is 1.31. The number of aromatic nitrogens is 3. The van der Waals surface area contributed by atoms with Gasteiger partial charge in [-0.2, -0.15) is 5.10 Å². The van der Waals surface area contributed by atoms with Crippen LogP contribution < -0.4 is 5.32 Å². The first-order valence-electron chi connectivity index (χ1n) is 11.2. The third kappa shape index (κ3) is 3.83. The lowest BCUT2D eigenvalue weighted by molar-refractivity contribution is 0.0248. The molecule has 7 nitrogen and oxygen atoms in total. The molecule has 3 aliphatic rings. The molecule has 3 fully saturated rings. The number of amides is 2. The number of hydrogen-bond donors (Lipinski definition) is 2. The molecule has 2 N–H and O–H groups in total. The molecule has 30 heavy (non-hydrogen) atoms. The molecule has 1 aromatic heterocycles. The van der Waals surface area contributed by atoms with Crippen LogP contribution in [0, 0.1) is 11.3 Å². The molecule has 2 amide bonds. The number of H-pyrrole nitrogens is 1. The van der Waals surface area contributed by atoms with Gasteiger partial charge >= 0.3 is 6.03 Å². The lowest BCUT2D eigenvalue weighted by Gasteiger charge is -2.50. The summed E-state index contributed by atoms with van der Waals surface area (Å²) in [5.41, 5.74) is 1.39. The average molecular weight is 409 g/mol. The van der Waals surface area contributed by atoms with E-state index in [-0.39, 0.29) is 17.4 Å². The van der Waals surface area contributed by atoms with Crippen molar-refractivity contribution in [2.24, 2.45) is 11.3 Å². The minimum absolute atomic E-state index is 0.0598. The van der Waals surface area contributed by atoms with Crippen molar-refractivity contribution in [2.75, 3.05) is 32.7 Å². The first kappa shape index (κ1) is 19.5. The van der Waals surface area contributed by atoms with E-state index in [0.717, 1.165) is 50.9 Å². The van der Waals surface area contributed by atoms with Crippen molar-refractivity contribution in [3.63, 3.8) is 0 Å². The van der Waals surface area contributed by atoms with Crippen LogP contribution in [0.2, 0.25) is 0 Å². The highest BCUT2D eigenvalue weighted by Gasteiger charge is 2.57. The minimum Gasteiger partial charge on any atom is -0.338 e. The van der Waals surface area contributed by atoms with Crippen molar-refractivity contribution in [1.82, 2.24) is 30.3 Å². The summed E-state index contributed by atoms with van der Waals surface area (Å²) in [6.07, 6.45) is 2.41. The SMILES string of the molecule is CC(C)CNC(=O)N1CC2(CN(Cc3ccccc3)CC2c2nc(C3CC3)n[nH]2)C1. The van der Waals surface area contributed by atoms with Gasteiger partial charge in [0.05, 0.1) is 0 Å². The van der Waals surface area contributed by atoms with Crippen LogP contribution in [0.4, 0.5) is 4.79 Å². The molecule has 1 atom stereocenters. The summed E-state index contributed by atoms with van der Waals surface area (Å²) in [6.45, 7) is 9.40. The topological polar surface area (TPSA) is 77.2 Å². The van der Waals surface area contributed by atoms with Gasteiger partial charge in [0.2, 0.25) is 0 Å². The fraction of sp³-hybridized carbons (Fsp3) is 0.609. The molecular weight excluding hydrogens is 376 g/mol. The highest BCUT2D eigenvalue weighted by Crippen LogP contribution is 2.49. The maximum Gasteiger partial charge on any atom is 0.317 e. The van der Waals surface area contributed by atoms with E-state index >= 15 is 0 Å². The Morgan fingerprint density at radius 2 is 2.00 bits per heavy atom. The lowest BCUT2D eigenvalue weighted by atomic mass is 9.71. The first-order valence-corrected chi connectivity index (χ1v) is 11.2. The zero-order valence-electron chi connectivity index (χ0n) is 18.0. The summed E-state index contributed by atoms with van der Waals surface area (Å²) in [5, 5.41) is 10.8. The van der Waals surface area contributed by atoms with Crippen LogP contribution in [-0.2, 0) is 6.54 Å². The van der Waals surface area contributed by atoms with Gasteiger partial charge in [0.25, 0.3) is 0 Å². The van der Waals surface area contributed by atoms with Gasteiger partial charge in [-0.15, -0.1) is 0 Å². The van der Waals surface area contributed by atoms with Crippen LogP contribution in [-0.4, -0.2) is 63.7 Å². The van der Waals surface area contributed by atoms with E-state index in [9.17, 15) is 4.79 Å². The Labute approximate surface area is 178 Å². The van der Waals surface area contributed by atoms with Crippen molar-refractivity contribution in [3.8, 4) is 0 Å². The number of benzene rings is 1. The fourth-order valence-corrected chi connectivity index (χ4v) is 4.96. The Kier molecular flexibility index (Phi) is 5.01. The third-order valence-electron chi connectivity index (χ3n) is 6.72. The number of hydrogen-bond acceptors (Lipinski definition) is 4. The highest BCUT2D eigenvalue weighted by molar-refractivity contribution is 5.75. The van der Waals surface area contributed by atoms with E-state index < -0.39 is 0 Å². The number of carbonyl (C=O) groups excluding carboxylic acids is 1. The monoisotopic (exact) mass is 408 g/mol. The number of rotatable bonds is 6. The van der Waals surface area contributed by atoms with Gasteiger partial charge in [-0.3, -0.25) is 10.00 Å². The average Bonchev–Trinajstić information content (AvgIpc) is 3.31. The molecule has 1 unspecified atom stereocenters. The van der Waals surface area contributed by atoms with Crippen molar-refractivity contribution in [2.45, 2.75) is 45.1 Å². The summed E-state index contributed by atoms with van der Waals surface area (Å²) in [7, 11) is 0. The van der Waals surface area contributed by atoms with Crippen molar-refractivity contribution >= 4 is 6.03 Å². The van der Waals surface area contributed by atoms with E-state index in [1.54, 1.807) is 0 Å². The van der Waals surface area contributed by atoms with E-state index in [0.29, 0.717) is 11.8 Å². The Morgan fingerprint density at radius 3 is 2.70 bits per heavy atom. The van der Waals surface area contributed by atoms with E-state index in [1.807, 2.05) is 4.90 Å². The second-order valence-corrected chi connectivity index (χ2v) is 9.86. The predicted octanol–water partition coefficient (Wildman–Crippen LogP) is 2.95. The largest absolute Gasteiger partial charge is 0.338 e. The Morgan fingerprint density at radius 1 is 1.23 bits per heavy atom. The highest BCUT2D eigenvalue weighted by atomic mass is 16.2. The van der Waals surface area contributed by atoms with Crippen LogP contribution in [0.1, 0.15) is 55.7 Å². The van der Waals surface area contributed by atoms with Gasteiger partial charge in [-0.25, -0.2) is 9.78 Å². The lowest BCUT2D eigenvalue weighted by Crippen LogP contribution is -2.63. The summed E-state index contributed by atoms with van der Waals surface area (Å²) >= 11 is 0. The molecule has 3 heterocycles. The zero-order valence-corrected chi connectivity index (χ0v) is 18.0. The van der Waals surface area contributed by atoms with Gasteiger partial charge < -0.3 is 10.2 Å². The Bertz CT molecular complexity index is 884. The number of urea groups is 1. The maximum atomic E-state index is 12.6. The molecule has 1 spiro atoms. The summed E-state index contributed by atoms with van der Waals surface area (Å²) in [4.78, 5) is 21.9. The molecule has 0 radical (unpaired) electrons. The number of aromatic amines is 1. The molecule has 7 heteroatoms. The number of nitrogens with one attached hydrogen (secondary N) is 2. The van der Waals surface area contributed by atoms with Crippen LogP contribution in [0.3, 0.4) is 0 Å². The van der Waals surface area contributed by atoms with Gasteiger partial charge in [-0.05, 0) is 24.3 Å². The molecule has 2 saturated heterocycles. The van der Waals surface area contributed by atoms with E-state index in [1.165, 1.54) is 18.4 Å². The zero-order chi connectivity index (χ0) is 20.7. The van der Waals surface area contributed by atoms with Gasteiger partial charge in [0.1, 0.15) is 5.82 Å². The van der Waals surface area contributed by atoms with Gasteiger partial charge in [0.15, 0.2) is 5.82 Å². The standard InChI is InChI=1S/C23H32N6O/c1-16(2)10-24-22(30)29-14-23(15-29)13-28(11-17-6-4-3-5-7-17)12-19(23)21-25-20(26-27-21)18-8-9-18/h3-7,16,18-19H,8-15H2,1-2H3,(H,24,30)(H,25,26,27). The van der Waals surface area contributed by atoms with Crippen LogP contribution in [0.25, 0.3) is 0 Å². The smallest absolute Gasteiger partial charge is 0.317 e. The van der Waals surface area contributed by atoms with Crippen LogP contribution in [0.15, 0.2) is 30.3 Å². The second-order valence-electron chi connectivity index (χ2n) is 9.86. The molecule has 1 aliphatic carbocycles. The van der Waals surface area contributed by atoms with Gasteiger partial charge in [-0.1, -0.05) is 44.2 Å². The quantitative estimate of drug-likeness (QED) is 0.770. The van der Waals surface area contributed by atoms with E-state index in [4.69, 9.17) is 4.98 Å². The normalized spacial score (nSPS) is 23.2. The third-order valence-corrected chi connectivity index (χ3v) is 6.72. The molecular formula is C23H32N6O. The van der Waals surface area contributed by atoms with Crippen molar-refractivity contribution < 1.29 is 4.79 Å². The maximum absolute atomic E-state index is 12.6. The number of nitrogens with zero attached hydrogens (tertiary/aromatic N) is 4. The summed E-state index contributed by atoms with van der Waals surface area (Å²) in [6, 6.07) is 10.7. The van der Waals surface area contributed by atoms with Crippen LogP contribution in [0.5, 0.6) is 0 Å². The minimum atomic E-state index is 0.0598. The summed E-state index contributed by atoms with van der Waals surface area (Å²) < 4.78 is 0. The molecule has 5 rings (SSSR count). The number of carbonyl (C=O) groups is 1. The molecule has 1 saturated carbocycles. The molecule has 1 aromatic carbocycles. The van der Waals surface area contributed by atoms with Crippen LogP contribution >= 0.6 is 0 Å². The van der Waals surface area contributed by atoms with Crippen molar-refractivity contribution in [3.05, 3.63) is 47.5 Å². The molecule has 2 aromatic rings.